The highest BCUT2D eigenvalue weighted by atomic mass is 32.1. The van der Waals surface area contributed by atoms with Crippen molar-refractivity contribution in [1.29, 1.82) is 0 Å². The summed E-state index contributed by atoms with van der Waals surface area (Å²) in [6, 6.07) is 1.86. The SMILES string of the molecule is C.NCCOCCNc1cc(=S)c1=S. The molecule has 5 heteroatoms. The van der Waals surface area contributed by atoms with Gasteiger partial charge in [-0.25, -0.2) is 0 Å². The molecule has 1 aromatic carbocycles. The lowest BCUT2D eigenvalue weighted by Crippen LogP contribution is -2.15. The summed E-state index contributed by atoms with van der Waals surface area (Å²) in [6.45, 7) is 2.55. The predicted octanol–water partition coefficient (Wildman–Crippen LogP) is 2.04. The highest BCUT2D eigenvalue weighted by Crippen LogP contribution is 2.16. The van der Waals surface area contributed by atoms with Crippen LogP contribution in [0.5, 0.6) is 0 Å². The van der Waals surface area contributed by atoms with Crippen molar-refractivity contribution in [2.75, 3.05) is 31.6 Å². The zero-order valence-corrected chi connectivity index (χ0v) is 8.84. The maximum atomic E-state index is 5.25. The van der Waals surface area contributed by atoms with Gasteiger partial charge in [-0.1, -0.05) is 31.9 Å². The fourth-order valence-electron chi connectivity index (χ4n) is 0.892. The van der Waals surface area contributed by atoms with E-state index in [0.29, 0.717) is 19.8 Å². The van der Waals surface area contributed by atoms with Gasteiger partial charge in [-0.3, -0.25) is 0 Å². The van der Waals surface area contributed by atoms with Crippen LogP contribution in [-0.4, -0.2) is 26.3 Å². The van der Waals surface area contributed by atoms with E-state index in [0.717, 1.165) is 21.3 Å². The van der Waals surface area contributed by atoms with E-state index in [1.807, 2.05) is 6.07 Å². The highest BCUT2D eigenvalue weighted by molar-refractivity contribution is 7.74. The first-order valence-electron chi connectivity index (χ1n) is 4.07. The van der Waals surface area contributed by atoms with Crippen LogP contribution in [0.2, 0.25) is 0 Å². The fraction of sp³-hybridized carbons (Fsp3) is 0.556. The smallest absolute Gasteiger partial charge is 0.0790 e. The average molecular weight is 232 g/mol. The van der Waals surface area contributed by atoms with E-state index >= 15 is 0 Å². The van der Waals surface area contributed by atoms with Crippen molar-refractivity contribution in [3.8, 4) is 0 Å². The second kappa shape index (κ2) is 7.00. The molecule has 3 N–H and O–H groups in total. The van der Waals surface area contributed by atoms with Gasteiger partial charge in [-0.15, -0.1) is 0 Å². The molecule has 1 rings (SSSR count). The van der Waals surface area contributed by atoms with Crippen molar-refractivity contribution >= 4 is 30.1 Å². The van der Waals surface area contributed by atoms with Gasteiger partial charge in [-0.05, 0) is 6.07 Å². The molecule has 14 heavy (non-hydrogen) atoms. The number of anilines is 1. The molecule has 0 atom stereocenters. The summed E-state index contributed by atoms with van der Waals surface area (Å²) < 4.78 is 6.70. The summed E-state index contributed by atoms with van der Waals surface area (Å²) >= 11 is 9.89. The van der Waals surface area contributed by atoms with E-state index in [9.17, 15) is 0 Å². The van der Waals surface area contributed by atoms with Gasteiger partial charge >= 0.3 is 0 Å². The van der Waals surface area contributed by atoms with Crippen LogP contribution >= 0.6 is 24.4 Å². The molecule has 0 aliphatic heterocycles. The Hall–Kier alpha value is -0.360. The first-order chi connectivity index (χ1) is 6.25. The van der Waals surface area contributed by atoms with Crippen molar-refractivity contribution in [3.05, 3.63) is 15.1 Å². The van der Waals surface area contributed by atoms with Crippen LogP contribution in [0.25, 0.3) is 0 Å². The zero-order valence-electron chi connectivity index (χ0n) is 7.21. The first-order valence-corrected chi connectivity index (χ1v) is 4.89. The van der Waals surface area contributed by atoms with Crippen LogP contribution in [0.3, 0.4) is 0 Å². The molecule has 0 saturated carbocycles. The van der Waals surface area contributed by atoms with Gasteiger partial charge in [0, 0.05) is 13.1 Å². The molecule has 0 aromatic heterocycles. The van der Waals surface area contributed by atoms with E-state index in [-0.39, 0.29) is 7.43 Å². The van der Waals surface area contributed by atoms with Crippen LogP contribution in [0.4, 0.5) is 5.69 Å². The number of rotatable bonds is 6. The minimum atomic E-state index is 0. The lowest BCUT2D eigenvalue weighted by molar-refractivity contribution is 0.151. The van der Waals surface area contributed by atoms with Gasteiger partial charge in [0.05, 0.1) is 27.9 Å². The quantitative estimate of drug-likeness (QED) is 0.580. The average Bonchev–Trinajstić information content (AvgIpc) is 2.15. The van der Waals surface area contributed by atoms with Crippen LogP contribution in [0, 0.1) is 9.02 Å². The van der Waals surface area contributed by atoms with Gasteiger partial charge in [0.1, 0.15) is 0 Å². The van der Waals surface area contributed by atoms with Crippen molar-refractivity contribution in [1.82, 2.24) is 0 Å². The van der Waals surface area contributed by atoms with Crippen LogP contribution in [0.15, 0.2) is 6.07 Å². The van der Waals surface area contributed by atoms with Crippen molar-refractivity contribution < 1.29 is 4.74 Å². The molecule has 0 aliphatic rings. The topological polar surface area (TPSA) is 47.3 Å². The summed E-state index contributed by atoms with van der Waals surface area (Å²) in [7, 11) is 0. The summed E-state index contributed by atoms with van der Waals surface area (Å²) in [6.07, 6.45) is 0. The summed E-state index contributed by atoms with van der Waals surface area (Å²) in [5, 5.41) is 3.12. The number of nitrogens with one attached hydrogen (secondary N) is 1. The number of hydrogen-bond acceptors (Lipinski definition) is 5. The van der Waals surface area contributed by atoms with Crippen molar-refractivity contribution in [2.45, 2.75) is 7.43 Å². The standard InChI is InChI=1S/C8H12N2OS2.CH4/c9-1-3-11-4-2-10-6-5-7(12)8(6)13;/h5,10H,1-4,9H2;1H4. The molecule has 0 spiro atoms. The Morgan fingerprint density at radius 3 is 2.57 bits per heavy atom. The predicted molar refractivity (Wildman–Crippen MR) is 65.6 cm³/mol. The molecular weight excluding hydrogens is 216 g/mol. The Bertz CT molecular complexity index is 331. The van der Waals surface area contributed by atoms with Gasteiger partial charge < -0.3 is 15.8 Å². The Morgan fingerprint density at radius 1 is 1.36 bits per heavy atom. The molecule has 0 radical (unpaired) electrons. The molecular formula is C9H16N2OS2. The third-order valence-electron chi connectivity index (χ3n) is 1.57. The zero-order chi connectivity index (χ0) is 9.68. The number of ether oxygens (including phenoxy) is 1. The summed E-state index contributed by atoms with van der Waals surface area (Å²) in [5.74, 6) is 0. The van der Waals surface area contributed by atoms with E-state index in [4.69, 9.17) is 34.9 Å². The monoisotopic (exact) mass is 232 g/mol. The molecule has 0 aliphatic carbocycles. The van der Waals surface area contributed by atoms with Crippen LogP contribution in [0.1, 0.15) is 7.43 Å². The first kappa shape index (κ1) is 13.6. The third-order valence-corrected chi connectivity index (χ3v) is 2.46. The molecule has 3 nitrogen and oxygen atoms in total. The van der Waals surface area contributed by atoms with Gasteiger partial charge in [-0.2, -0.15) is 0 Å². The third kappa shape index (κ3) is 3.79. The van der Waals surface area contributed by atoms with Gasteiger partial charge in [0.2, 0.25) is 0 Å². The van der Waals surface area contributed by atoms with Crippen molar-refractivity contribution in [2.24, 2.45) is 5.73 Å². The maximum Gasteiger partial charge on any atom is 0.0790 e. The fourth-order valence-corrected chi connectivity index (χ4v) is 1.31. The lowest BCUT2D eigenvalue weighted by atomic mass is 10.3. The van der Waals surface area contributed by atoms with Crippen molar-refractivity contribution in [3.63, 3.8) is 0 Å². The molecule has 0 amide bonds. The summed E-state index contributed by atoms with van der Waals surface area (Å²) in [4.78, 5) is 0. The number of nitrogens with two attached hydrogens (primary N) is 1. The molecule has 0 fully saturated rings. The minimum absolute atomic E-state index is 0. The maximum absolute atomic E-state index is 5.25. The second-order valence-electron chi connectivity index (χ2n) is 2.58. The number of hydrogen-bond donors (Lipinski definition) is 2. The van der Waals surface area contributed by atoms with E-state index in [1.54, 1.807) is 0 Å². The molecule has 0 saturated heterocycles. The molecule has 0 unspecified atom stereocenters. The molecule has 1 aromatic rings. The Labute approximate surface area is 95.0 Å². The van der Waals surface area contributed by atoms with Gasteiger partial charge in [0.25, 0.3) is 0 Å². The normalized spacial score (nSPS) is 9.79. The van der Waals surface area contributed by atoms with E-state index in [2.05, 4.69) is 5.32 Å². The van der Waals surface area contributed by atoms with Gasteiger partial charge in [0.15, 0.2) is 0 Å². The Balaban J connectivity index is 0.00000169. The summed E-state index contributed by atoms with van der Waals surface area (Å²) in [5.41, 5.74) is 6.21. The van der Waals surface area contributed by atoms with E-state index < -0.39 is 0 Å². The Kier molecular flexibility index (Phi) is 6.82. The molecule has 80 valence electrons. The second-order valence-corrected chi connectivity index (χ2v) is 3.43. The highest BCUT2D eigenvalue weighted by Gasteiger charge is 2.00. The minimum Gasteiger partial charge on any atom is -0.381 e. The Morgan fingerprint density at radius 2 is 2.07 bits per heavy atom. The lowest BCUT2D eigenvalue weighted by Gasteiger charge is -2.08. The molecule has 0 heterocycles. The van der Waals surface area contributed by atoms with E-state index in [1.165, 1.54) is 0 Å². The van der Waals surface area contributed by atoms with Crippen LogP contribution < -0.4 is 11.1 Å². The molecule has 0 bridgehead atoms. The largest absolute Gasteiger partial charge is 0.381 e. The van der Waals surface area contributed by atoms with Crippen LogP contribution in [-0.2, 0) is 4.74 Å².